The van der Waals surface area contributed by atoms with Crippen molar-refractivity contribution in [3.8, 4) is 5.75 Å². The van der Waals surface area contributed by atoms with Crippen LogP contribution in [0.25, 0.3) is 0 Å². The molecule has 0 aromatic heterocycles. The first-order chi connectivity index (χ1) is 7.69. The van der Waals surface area contributed by atoms with E-state index in [-0.39, 0.29) is 5.02 Å². The molecule has 0 fully saturated rings. The summed E-state index contributed by atoms with van der Waals surface area (Å²) in [5.41, 5.74) is -4.67. The molecule has 1 nitrogen and oxygen atoms in total. The van der Waals surface area contributed by atoms with Gasteiger partial charge in [0.15, 0.2) is 0 Å². The minimum absolute atomic E-state index is 0.0998. The average Bonchev–Trinajstić information content (AvgIpc) is 2.08. The molecule has 0 aliphatic heterocycles. The predicted molar refractivity (Wildman–Crippen MR) is 55.0 cm³/mol. The lowest BCUT2D eigenvalue weighted by Gasteiger charge is -2.13. The van der Waals surface area contributed by atoms with Crippen molar-refractivity contribution >= 4 is 35.0 Å². The highest BCUT2D eigenvalue weighted by atomic mass is 35.5. The summed E-state index contributed by atoms with van der Waals surface area (Å²) in [6, 6.07) is 1.85. The summed E-state index contributed by atoms with van der Waals surface area (Å²) in [5, 5.41) is -0.507. The second-order valence-corrected chi connectivity index (χ2v) is 4.56. The molecule has 0 radical (unpaired) electrons. The third kappa shape index (κ3) is 4.77. The summed E-state index contributed by atoms with van der Waals surface area (Å²) < 4.78 is 64.4. The number of hydrogen-bond donors (Lipinski definition) is 0. The van der Waals surface area contributed by atoms with Gasteiger partial charge in [0.25, 0.3) is 0 Å². The van der Waals surface area contributed by atoms with Gasteiger partial charge in [0.05, 0.1) is 9.92 Å². The van der Waals surface area contributed by atoms with Crippen molar-refractivity contribution in [3.63, 3.8) is 0 Å². The van der Waals surface area contributed by atoms with Crippen LogP contribution in [0, 0.1) is 0 Å². The zero-order chi connectivity index (χ0) is 13.2. The third-order valence-corrected chi connectivity index (χ3v) is 2.89. The van der Waals surface area contributed by atoms with Gasteiger partial charge in [-0.15, -0.1) is 0 Å². The van der Waals surface area contributed by atoms with Gasteiger partial charge >= 0.3 is 12.1 Å². The van der Waals surface area contributed by atoms with Crippen molar-refractivity contribution in [1.29, 1.82) is 0 Å². The van der Waals surface area contributed by atoms with E-state index in [0.29, 0.717) is 0 Å². The van der Waals surface area contributed by atoms with Crippen molar-refractivity contribution in [2.75, 3.05) is 0 Å². The van der Waals surface area contributed by atoms with E-state index in [2.05, 4.69) is 4.74 Å². The van der Waals surface area contributed by atoms with Crippen molar-refractivity contribution < 1.29 is 26.7 Å². The number of ether oxygens (including phenoxy) is 1. The highest BCUT2D eigenvalue weighted by Crippen LogP contribution is 2.46. The monoisotopic (exact) mass is 312 g/mol. The van der Waals surface area contributed by atoms with E-state index >= 15 is 0 Å². The number of benzene rings is 1. The van der Waals surface area contributed by atoms with Crippen molar-refractivity contribution in [2.45, 2.75) is 17.0 Å². The van der Waals surface area contributed by atoms with Crippen molar-refractivity contribution in [2.24, 2.45) is 0 Å². The molecule has 0 bridgehead atoms. The van der Waals surface area contributed by atoms with E-state index in [9.17, 15) is 22.0 Å². The van der Waals surface area contributed by atoms with Gasteiger partial charge < -0.3 is 4.74 Å². The lowest BCUT2D eigenvalue weighted by Crippen LogP contribution is -2.06. The van der Waals surface area contributed by atoms with Crippen LogP contribution in [0.2, 0.25) is 10.0 Å². The van der Waals surface area contributed by atoms with Crippen LogP contribution in [-0.2, 0) is 0 Å². The Bertz CT molecular complexity index is 410. The Labute approximate surface area is 107 Å². The Kier molecular flexibility index (Phi) is 4.74. The first-order valence-corrected chi connectivity index (χ1v) is 5.46. The van der Waals surface area contributed by atoms with Crippen molar-refractivity contribution in [3.05, 3.63) is 22.2 Å². The lowest BCUT2D eigenvalue weighted by molar-refractivity contribution is -0.0527. The number of halogens is 7. The van der Waals surface area contributed by atoms with Crippen LogP contribution in [0.15, 0.2) is 17.0 Å². The molecular formula is C8H3Cl2F5OS. The highest BCUT2D eigenvalue weighted by molar-refractivity contribution is 8.00. The maximum atomic E-state index is 12.2. The van der Waals surface area contributed by atoms with E-state index < -0.39 is 39.5 Å². The summed E-state index contributed by atoms with van der Waals surface area (Å²) in [6.45, 7) is -3.27. The summed E-state index contributed by atoms with van der Waals surface area (Å²) in [7, 11) is 0. The largest absolute Gasteiger partial charge is 0.446 e. The van der Waals surface area contributed by atoms with Gasteiger partial charge in [-0.05, 0) is 17.8 Å². The first-order valence-electron chi connectivity index (χ1n) is 3.88. The van der Waals surface area contributed by atoms with Crippen LogP contribution in [0.4, 0.5) is 22.0 Å². The van der Waals surface area contributed by atoms with Crippen LogP contribution in [0.5, 0.6) is 5.75 Å². The predicted octanol–water partition coefficient (Wildman–Crippen LogP) is 5.21. The Balaban J connectivity index is 3.16. The Hall–Kier alpha value is -0.400. The van der Waals surface area contributed by atoms with Gasteiger partial charge in [0.1, 0.15) is 5.75 Å². The molecule has 9 heteroatoms. The van der Waals surface area contributed by atoms with Gasteiger partial charge in [0, 0.05) is 11.1 Å². The molecule has 1 aromatic carbocycles. The fraction of sp³-hybridized carbons (Fsp3) is 0.250. The smallest absolute Gasteiger partial charge is 0.434 e. The minimum Gasteiger partial charge on any atom is -0.434 e. The number of rotatable bonds is 3. The molecule has 0 aliphatic rings. The van der Waals surface area contributed by atoms with Gasteiger partial charge in [-0.1, -0.05) is 23.2 Å². The summed E-state index contributed by atoms with van der Waals surface area (Å²) in [4.78, 5) is -0.649. The van der Waals surface area contributed by atoms with Crippen molar-refractivity contribution in [1.82, 2.24) is 0 Å². The molecule has 0 saturated carbocycles. The van der Waals surface area contributed by atoms with Crippen LogP contribution >= 0.6 is 35.0 Å². The molecule has 1 rings (SSSR count). The van der Waals surface area contributed by atoms with E-state index in [4.69, 9.17) is 23.2 Å². The molecule has 0 spiro atoms. The summed E-state index contributed by atoms with van der Waals surface area (Å²) in [5.74, 6) is -0.708. The average molecular weight is 313 g/mol. The molecule has 17 heavy (non-hydrogen) atoms. The molecule has 0 N–H and O–H groups in total. The zero-order valence-corrected chi connectivity index (χ0v) is 10.0. The standard InChI is InChI=1S/C8H3Cl2F5OS/c9-3-1-4(10)6(17-8(13,14)15)5(2-3)16-7(11)12/h1-2,7H. The maximum Gasteiger partial charge on any atom is 0.446 e. The molecule has 0 aliphatic carbocycles. The third-order valence-electron chi connectivity index (χ3n) is 1.41. The molecular weight excluding hydrogens is 310 g/mol. The lowest BCUT2D eigenvalue weighted by atomic mass is 10.3. The zero-order valence-electron chi connectivity index (χ0n) is 7.69. The SMILES string of the molecule is FC(F)Oc1cc(Cl)cc(Cl)c1SC(F)(F)F. The van der Waals surface area contributed by atoms with Gasteiger partial charge in [0.2, 0.25) is 0 Å². The molecule has 0 atom stereocenters. The van der Waals surface area contributed by atoms with Crippen LogP contribution < -0.4 is 4.74 Å². The van der Waals surface area contributed by atoms with E-state index in [1.54, 1.807) is 0 Å². The first kappa shape index (κ1) is 14.7. The minimum atomic E-state index is -4.67. The summed E-state index contributed by atoms with van der Waals surface area (Å²) >= 11 is 10.3. The molecule has 0 saturated heterocycles. The van der Waals surface area contributed by atoms with Gasteiger partial charge in [-0.3, -0.25) is 0 Å². The molecule has 0 heterocycles. The fourth-order valence-corrected chi connectivity index (χ4v) is 2.12. The number of hydrogen-bond acceptors (Lipinski definition) is 2. The van der Waals surface area contributed by atoms with E-state index in [0.717, 1.165) is 12.1 Å². The van der Waals surface area contributed by atoms with Crippen LogP contribution in [0.1, 0.15) is 0 Å². The van der Waals surface area contributed by atoms with E-state index in [1.807, 2.05) is 0 Å². The molecule has 0 amide bonds. The highest BCUT2D eigenvalue weighted by Gasteiger charge is 2.33. The fourth-order valence-electron chi connectivity index (χ4n) is 0.935. The normalized spacial score (nSPS) is 12.0. The molecule has 96 valence electrons. The number of thioether (sulfide) groups is 1. The summed E-state index contributed by atoms with van der Waals surface area (Å²) in [6.07, 6.45) is 0. The second kappa shape index (κ2) is 5.49. The molecule has 1 aromatic rings. The topological polar surface area (TPSA) is 9.23 Å². The molecule has 0 unspecified atom stereocenters. The Morgan fingerprint density at radius 2 is 1.76 bits per heavy atom. The van der Waals surface area contributed by atoms with Crippen LogP contribution in [-0.4, -0.2) is 12.1 Å². The maximum absolute atomic E-state index is 12.2. The Morgan fingerprint density at radius 3 is 2.24 bits per heavy atom. The van der Waals surface area contributed by atoms with E-state index in [1.165, 1.54) is 0 Å². The van der Waals surface area contributed by atoms with Gasteiger partial charge in [-0.2, -0.15) is 22.0 Å². The van der Waals surface area contributed by atoms with Gasteiger partial charge in [-0.25, -0.2) is 0 Å². The second-order valence-electron chi connectivity index (χ2n) is 2.64. The Morgan fingerprint density at radius 1 is 1.18 bits per heavy atom. The number of alkyl halides is 5. The van der Waals surface area contributed by atoms with Crippen LogP contribution in [0.3, 0.4) is 0 Å². The quantitative estimate of drug-likeness (QED) is 0.560.